The van der Waals surface area contributed by atoms with E-state index in [0.29, 0.717) is 19.3 Å². The fourth-order valence-corrected chi connectivity index (χ4v) is 4.05. The van der Waals surface area contributed by atoms with Gasteiger partial charge in [-0.1, -0.05) is 12.5 Å². The second kappa shape index (κ2) is 9.22. The lowest BCUT2D eigenvalue weighted by molar-refractivity contribution is -0.118. The van der Waals surface area contributed by atoms with Crippen molar-refractivity contribution >= 4 is 15.6 Å². The van der Waals surface area contributed by atoms with Crippen molar-refractivity contribution < 1.29 is 17.9 Å². The standard InChI is InChI=1S/C22H34O4S/c1-17-14-21(26-16-18-9-10-18)12-11-19(17)15-20(23)8-6-5-7-13-27(24,25)22(2,3)4/h11-12,14,18H,5-10,13,15-16H2,1-4H3. The first-order valence-electron chi connectivity index (χ1n) is 10.0. The van der Waals surface area contributed by atoms with Gasteiger partial charge in [0.15, 0.2) is 9.84 Å². The van der Waals surface area contributed by atoms with Crippen LogP contribution in [0.3, 0.4) is 0 Å². The summed E-state index contributed by atoms with van der Waals surface area (Å²) in [6.07, 6.45) is 5.64. The summed E-state index contributed by atoms with van der Waals surface area (Å²) in [7, 11) is -3.06. The smallest absolute Gasteiger partial charge is 0.155 e. The van der Waals surface area contributed by atoms with Gasteiger partial charge in [0.05, 0.1) is 17.1 Å². The van der Waals surface area contributed by atoms with Crippen LogP contribution >= 0.6 is 0 Å². The van der Waals surface area contributed by atoms with Crippen molar-refractivity contribution in [2.45, 2.75) is 77.4 Å². The van der Waals surface area contributed by atoms with Crippen LogP contribution in [0.5, 0.6) is 5.75 Å². The molecule has 1 aromatic rings. The lowest BCUT2D eigenvalue weighted by Crippen LogP contribution is -2.30. The minimum atomic E-state index is -3.06. The molecule has 0 bridgehead atoms. The SMILES string of the molecule is Cc1cc(OCC2CC2)ccc1CC(=O)CCCCCS(=O)(=O)C(C)(C)C. The molecule has 0 aliphatic heterocycles. The Hall–Kier alpha value is -1.36. The van der Waals surface area contributed by atoms with Gasteiger partial charge in [-0.25, -0.2) is 8.42 Å². The Morgan fingerprint density at radius 3 is 2.44 bits per heavy atom. The second-order valence-electron chi connectivity index (χ2n) is 8.80. The van der Waals surface area contributed by atoms with Crippen LogP contribution in [0.4, 0.5) is 0 Å². The van der Waals surface area contributed by atoms with E-state index in [4.69, 9.17) is 4.74 Å². The number of rotatable bonds is 11. The van der Waals surface area contributed by atoms with E-state index in [0.717, 1.165) is 42.2 Å². The number of carbonyl (C=O) groups is 1. The molecule has 1 aliphatic rings. The van der Waals surface area contributed by atoms with Gasteiger partial charge in [0.1, 0.15) is 11.5 Å². The highest BCUT2D eigenvalue weighted by molar-refractivity contribution is 7.92. The maximum absolute atomic E-state index is 12.2. The number of aryl methyl sites for hydroxylation is 1. The maximum atomic E-state index is 12.2. The summed E-state index contributed by atoms with van der Waals surface area (Å²) in [5, 5.41) is 0. The molecule has 1 saturated carbocycles. The van der Waals surface area contributed by atoms with Gasteiger partial charge >= 0.3 is 0 Å². The molecule has 0 aromatic heterocycles. The minimum Gasteiger partial charge on any atom is -0.493 e. The zero-order valence-electron chi connectivity index (χ0n) is 17.2. The molecule has 0 N–H and O–H groups in total. The Kier molecular flexibility index (Phi) is 7.49. The average Bonchev–Trinajstić information content (AvgIpc) is 3.38. The molecule has 0 saturated heterocycles. The molecule has 0 unspecified atom stereocenters. The highest BCUT2D eigenvalue weighted by Crippen LogP contribution is 2.30. The van der Waals surface area contributed by atoms with Crippen LogP contribution in [0.15, 0.2) is 18.2 Å². The Labute approximate surface area is 164 Å². The predicted octanol–water partition coefficient (Wildman–Crippen LogP) is 4.67. The first-order chi connectivity index (χ1) is 12.6. The molecule has 0 spiro atoms. The molecule has 1 fully saturated rings. The van der Waals surface area contributed by atoms with Gasteiger partial charge in [-0.15, -0.1) is 0 Å². The Morgan fingerprint density at radius 2 is 1.85 bits per heavy atom. The van der Waals surface area contributed by atoms with E-state index in [1.165, 1.54) is 12.8 Å². The summed E-state index contributed by atoms with van der Waals surface area (Å²) in [4.78, 5) is 12.2. The topological polar surface area (TPSA) is 60.4 Å². The van der Waals surface area contributed by atoms with E-state index in [-0.39, 0.29) is 11.5 Å². The van der Waals surface area contributed by atoms with E-state index in [1.54, 1.807) is 20.8 Å². The minimum absolute atomic E-state index is 0.201. The Bertz CT molecular complexity index is 740. The lowest BCUT2D eigenvalue weighted by Gasteiger charge is -2.18. The normalized spacial score (nSPS) is 15.0. The summed E-state index contributed by atoms with van der Waals surface area (Å²) >= 11 is 0. The summed E-state index contributed by atoms with van der Waals surface area (Å²) < 4.78 is 29.2. The number of unbranched alkanes of at least 4 members (excludes halogenated alkanes) is 2. The van der Waals surface area contributed by atoms with Crippen LogP contribution in [0.1, 0.15) is 70.4 Å². The van der Waals surface area contributed by atoms with Crippen molar-refractivity contribution in [1.29, 1.82) is 0 Å². The number of hydrogen-bond acceptors (Lipinski definition) is 4. The molecule has 0 amide bonds. The summed E-state index contributed by atoms with van der Waals surface area (Å²) in [5.41, 5.74) is 2.14. The van der Waals surface area contributed by atoms with Gasteiger partial charge in [0, 0.05) is 12.8 Å². The van der Waals surface area contributed by atoms with Gasteiger partial charge in [-0.05, 0) is 82.6 Å². The van der Waals surface area contributed by atoms with Gasteiger partial charge in [0.25, 0.3) is 0 Å². The van der Waals surface area contributed by atoms with Crippen LogP contribution in [0.2, 0.25) is 0 Å². The maximum Gasteiger partial charge on any atom is 0.155 e. The molecule has 2 rings (SSSR count). The molecular weight excluding hydrogens is 360 g/mol. The van der Waals surface area contributed by atoms with Crippen molar-refractivity contribution in [3.05, 3.63) is 29.3 Å². The fourth-order valence-electron chi connectivity index (χ4n) is 2.85. The van der Waals surface area contributed by atoms with Crippen LogP contribution in [0, 0.1) is 12.8 Å². The molecule has 0 radical (unpaired) electrons. The number of ketones is 1. The number of benzene rings is 1. The molecular formula is C22H34O4S. The molecule has 5 heteroatoms. The monoisotopic (exact) mass is 394 g/mol. The average molecular weight is 395 g/mol. The zero-order chi connectivity index (χ0) is 20.1. The van der Waals surface area contributed by atoms with Crippen LogP contribution in [-0.4, -0.2) is 31.3 Å². The zero-order valence-corrected chi connectivity index (χ0v) is 18.0. The number of ether oxygens (including phenoxy) is 1. The quantitative estimate of drug-likeness (QED) is 0.512. The first kappa shape index (κ1) is 21.9. The van der Waals surface area contributed by atoms with Crippen molar-refractivity contribution in [3.8, 4) is 5.75 Å². The van der Waals surface area contributed by atoms with E-state index >= 15 is 0 Å². The van der Waals surface area contributed by atoms with E-state index < -0.39 is 14.6 Å². The Morgan fingerprint density at radius 1 is 1.15 bits per heavy atom. The van der Waals surface area contributed by atoms with E-state index in [2.05, 4.69) is 0 Å². The van der Waals surface area contributed by atoms with Gasteiger partial charge in [-0.3, -0.25) is 4.79 Å². The molecule has 0 heterocycles. The van der Waals surface area contributed by atoms with Crippen molar-refractivity contribution in [2.75, 3.05) is 12.4 Å². The highest BCUT2D eigenvalue weighted by atomic mass is 32.2. The van der Waals surface area contributed by atoms with E-state index in [9.17, 15) is 13.2 Å². The van der Waals surface area contributed by atoms with Crippen LogP contribution in [-0.2, 0) is 21.1 Å². The third-order valence-electron chi connectivity index (χ3n) is 5.19. The molecule has 4 nitrogen and oxygen atoms in total. The first-order valence-corrected chi connectivity index (χ1v) is 11.7. The molecule has 152 valence electrons. The lowest BCUT2D eigenvalue weighted by atomic mass is 10.0. The Balaban J connectivity index is 1.69. The fraction of sp³-hybridized carbons (Fsp3) is 0.682. The largest absolute Gasteiger partial charge is 0.493 e. The van der Waals surface area contributed by atoms with Crippen molar-refractivity contribution in [3.63, 3.8) is 0 Å². The van der Waals surface area contributed by atoms with Gasteiger partial charge < -0.3 is 4.74 Å². The van der Waals surface area contributed by atoms with E-state index in [1.807, 2.05) is 25.1 Å². The third kappa shape index (κ3) is 7.28. The predicted molar refractivity (Wildman–Crippen MR) is 110 cm³/mol. The van der Waals surface area contributed by atoms with Crippen LogP contribution < -0.4 is 4.74 Å². The molecule has 1 aromatic carbocycles. The van der Waals surface area contributed by atoms with Crippen LogP contribution in [0.25, 0.3) is 0 Å². The summed E-state index contributed by atoms with van der Waals surface area (Å²) in [6.45, 7) is 8.01. The third-order valence-corrected chi connectivity index (χ3v) is 7.88. The molecule has 0 atom stereocenters. The number of carbonyl (C=O) groups excluding carboxylic acids is 1. The summed E-state index contributed by atoms with van der Waals surface area (Å²) in [6, 6.07) is 5.96. The highest BCUT2D eigenvalue weighted by Gasteiger charge is 2.28. The number of Topliss-reactive ketones (excluding diaryl/α,β-unsaturated/α-hetero) is 1. The van der Waals surface area contributed by atoms with Gasteiger partial charge in [-0.2, -0.15) is 0 Å². The van der Waals surface area contributed by atoms with Crippen molar-refractivity contribution in [1.82, 2.24) is 0 Å². The number of hydrogen-bond donors (Lipinski definition) is 0. The van der Waals surface area contributed by atoms with Crippen molar-refractivity contribution in [2.24, 2.45) is 5.92 Å². The molecule has 1 aliphatic carbocycles. The van der Waals surface area contributed by atoms with Gasteiger partial charge in [0.2, 0.25) is 0 Å². The molecule has 27 heavy (non-hydrogen) atoms. The number of sulfone groups is 1. The second-order valence-corrected chi connectivity index (χ2v) is 11.7. The summed E-state index contributed by atoms with van der Waals surface area (Å²) in [5.74, 6) is 2.02.